The number of phosphoric acid groups is 1. The Hall–Kier alpha value is -1.58. The Bertz CT molecular complexity index is 1400. The van der Waals surface area contributed by atoms with E-state index in [0.717, 1.165) is 77.0 Å². The third-order valence-corrected chi connectivity index (χ3v) is 11.6. The van der Waals surface area contributed by atoms with Gasteiger partial charge in [-0.15, -0.1) is 0 Å². The average Bonchev–Trinajstić information content (AvgIpc) is 3.45. The van der Waals surface area contributed by atoms with Crippen molar-refractivity contribution in [3.8, 4) is 0 Å². The fraction of sp³-hybridized carbons (Fsp3) is 0.900. The highest BCUT2D eigenvalue weighted by Crippen LogP contribution is 2.46. The molecule has 2 aliphatic rings. The van der Waals surface area contributed by atoms with E-state index in [1.165, 1.54) is 45.1 Å². The van der Waals surface area contributed by atoms with Crippen molar-refractivity contribution in [1.82, 2.24) is 0 Å². The molecule has 2 fully saturated rings. The van der Waals surface area contributed by atoms with Crippen molar-refractivity contribution >= 4 is 30.2 Å². The van der Waals surface area contributed by atoms with Crippen LogP contribution in [-0.4, -0.2) is 137 Å². The zero-order chi connectivity index (χ0) is 44.5. The minimum atomic E-state index is -4.76. The van der Waals surface area contributed by atoms with E-state index in [1.54, 1.807) is 6.08 Å². The van der Waals surface area contributed by atoms with Crippen LogP contribution >= 0.6 is 7.82 Å². The quantitative estimate of drug-likeness (QED) is 0.0106. The largest absolute Gasteiger partial charge is 0.726 e. The summed E-state index contributed by atoms with van der Waals surface area (Å²) >= 11 is 0. The summed E-state index contributed by atoms with van der Waals surface area (Å²) in [6.07, 6.45) is 19.7. The molecule has 3 unspecified atom stereocenters. The van der Waals surface area contributed by atoms with Crippen LogP contribution in [0, 0.1) is 0 Å². The monoisotopic (exact) mass is 902 g/mol. The van der Waals surface area contributed by atoms with Crippen LogP contribution in [0.5, 0.6) is 0 Å². The highest BCUT2D eigenvalue weighted by atomic mass is 32.3. The molecule has 0 saturated carbocycles. The van der Waals surface area contributed by atoms with E-state index in [0.29, 0.717) is 36.9 Å². The third-order valence-electron chi connectivity index (χ3n) is 10.2. The van der Waals surface area contributed by atoms with Gasteiger partial charge < -0.3 is 48.5 Å². The molecule has 0 aliphatic carbocycles. The number of likely N-dealkylation sites (N-methyl/N-ethyl adjacent to an activating group) is 1. The Morgan fingerprint density at radius 1 is 0.883 bits per heavy atom. The summed E-state index contributed by atoms with van der Waals surface area (Å²) in [7, 11) is -3.36. The molecule has 2 heterocycles. The number of ether oxygens (including phenoxy) is 5. The topological polar surface area (TPSA) is 249 Å². The Labute approximate surface area is 358 Å². The minimum Gasteiger partial charge on any atom is -0.726 e. The lowest BCUT2D eigenvalue weighted by molar-refractivity contribution is -0.870. The van der Waals surface area contributed by atoms with E-state index in [9.17, 15) is 37.1 Å². The first-order chi connectivity index (χ1) is 28.3. The van der Waals surface area contributed by atoms with E-state index in [2.05, 4.69) is 4.18 Å². The zero-order valence-corrected chi connectivity index (χ0v) is 38.1. The number of carbonyl (C=O) groups is 2. The van der Waals surface area contributed by atoms with Gasteiger partial charge in [-0.3, -0.25) is 18.0 Å². The minimum absolute atomic E-state index is 0.00760. The fourth-order valence-corrected chi connectivity index (χ4v) is 8.11. The van der Waals surface area contributed by atoms with Crippen molar-refractivity contribution in [3.63, 3.8) is 0 Å². The molecule has 7 atom stereocenters. The number of unbranched alkanes of at least 4 members (excludes halogenated alkanes) is 14. The molecule has 0 radical (unpaired) electrons. The van der Waals surface area contributed by atoms with Crippen molar-refractivity contribution in [2.75, 3.05) is 60.7 Å². The first-order valence-corrected chi connectivity index (χ1v) is 24.6. The predicted octanol–water partition coefficient (Wildman–Crippen LogP) is 5.29. The SMILES string of the molecule is CC(=O)O[C@H]1CC[C@@H]2O[C@]1(CCCCCCCCCCCCCCOC(N)COS(=O)(=O)[O-])O[C@@H]2CCCCC/C=C/C(=O)OCC(O)COP(=O)(O)OCC[N+](C)(C)C. The van der Waals surface area contributed by atoms with E-state index in [4.69, 9.17) is 38.5 Å². The molecule has 0 aromatic heterocycles. The van der Waals surface area contributed by atoms with Crippen molar-refractivity contribution in [2.24, 2.45) is 5.73 Å². The number of hydrogen-bond acceptors (Lipinski definition) is 16. The van der Waals surface area contributed by atoms with Gasteiger partial charge in [-0.05, 0) is 44.9 Å². The molecule has 0 aromatic rings. The maximum atomic E-state index is 12.1. The average molecular weight is 903 g/mol. The van der Waals surface area contributed by atoms with E-state index < -0.39 is 68.2 Å². The van der Waals surface area contributed by atoms with Gasteiger partial charge in [0.1, 0.15) is 38.7 Å². The number of fused-ring (bicyclic) bond motifs is 2. The first kappa shape index (κ1) is 54.6. The molecule has 352 valence electrons. The number of phosphoric ester groups is 1. The molecule has 18 nitrogen and oxygen atoms in total. The number of esters is 2. The van der Waals surface area contributed by atoms with Crippen LogP contribution in [0.4, 0.5) is 0 Å². The summed E-state index contributed by atoms with van der Waals surface area (Å²) < 4.78 is 86.7. The maximum Gasteiger partial charge on any atom is 0.472 e. The molecule has 20 heteroatoms. The second-order valence-corrected chi connectivity index (χ2v) is 19.3. The van der Waals surface area contributed by atoms with Crippen molar-refractivity contribution < 1.29 is 78.5 Å². The fourth-order valence-electron chi connectivity index (χ4n) is 7.06. The summed E-state index contributed by atoms with van der Waals surface area (Å²) in [6.45, 7) is 0.921. The molecule has 2 saturated heterocycles. The van der Waals surface area contributed by atoms with Crippen LogP contribution in [0.3, 0.4) is 0 Å². The molecule has 2 aliphatic heterocycles. The molecule has 2 bridgehead atoms. The summed E-state index contributed by atoms with van der Waals surface area (Å²) in [5.74, 6) is -1.86. The van der Waals surface area contributed by atoms with Crippen LogP contribution in [0.2, 0.25) is 0 Å². The molecule has 0 aromatic carbocycles. The van der Waals surface area contributed by atoms with Gasteiger partial charge in [0.05, 0.1) is 40.0 Å². The van der Waals surface area contributed by atoms with Crippen LogP contribution in [0.25, 0.3) is 0 Å². The maximum absolute atomic E-state index is 12.1. The van der Waals surface area contributed by atoms with Crippen LogP contribution < -0.4 is 5.73 Å². The number of nitrogens with zero attached hydrogens (tertiary/aromatic N) is 1. The lowest BCUT2D eigenvalue weighted by atomic mass is 9.93. The second kappa shape index (κ2) is 29.0. The molecular weight excluding hydrogens is 827 g/mol. The third kappa shape index (κ3) is 26.1. The van der Waals surface area contributed by atoms with Gasteiger partial charge in [0, 0.05) is 26.0 Å². The predicted molar refractivity (Wildman–Crippen MR) is 221 cm³/mol. The van der Waals surface area contributed by atoms with Gasteiger partial charge in [0.25, 0.3) is 0 Å². The van der Waals surface area contributed by atoms with Crippen LogP contribution in [0.1, 0.15) is 135 Å². The molecule has 0 amide bonds. The van der Waals surface area contributed by atoms with Gasteiger partial charge in [-0.1, -0.05) is 83.1 Å². The number of carbonyl (C=O) groups excluding carboxylic acids is 2. The molecule has 0 spiro atoms. The van der Waals surface area contributed by atoms with Gasteiger partial charge in [-0.2, -0.15) is 0 Å². The van der Waals surface area contributed by atoms with E-state index >= 15 is 0 Å². The first-order valence-electron chi connectivity index (χ1n) is 21.7. The van der Waals surface area contributed by atoms with E-state index in [1.807, 2.05) is 21.1 Å². The van der Waals surface area contributed by atoms with Gasteiger partial charge in [0.15, 0.2) is 6.10 Å². The van der Waals surface area contributed by atoms with Gasteiger partial charge in [-0.25, -0.2) is 17.8 Å². The normalized spacial score (nSPS) is 22.8. The number of hydrogen-bond donors (Lipinski definition) is 3. The summed E-state index contributed by atoms with van der Waals surface area (Å²) in [5, 5.41) is 9.98. The van der Waals surface area contributed by atoms with Crippen LogP contribution in [0.15, 0.2) is 12.2 Å². The van der Waals surface area contributed by atoms with Gasteiger partial charge >= 0.3 is 19.8 Å². The number of aliphatic hydroxyl groups is 1. The lowest BCUT2D eigenvalue weighted by Gasteiger charge is -2.38. The van der Waals surface area contributed by atoms with Crippen molar-refractivity contribution in [1.29, 1.82) is 0 Å². The molecule has 4 N–H and O–H groups in total. The standard InChI is InChI=1S/C40H75N2O16PS/c1-33(43)56-37-25-24-36-35(22-18-14-13-15-19-23-39(45)52-30-34(44)31-54-59(46,47)53-29-27-42(2,3)4)57-40(37,58-36)26-20-16-11-9-7-5-6-8-10-12-17-21-28-51-38(41)32-55-60(48,49)50/h19,23,34-38,44H,5-18,20-22,24-32,41H2,1-4H3,(H-,46,47,48,49,50)/b23-19+/t34?,35-,36+,37+,38?,40+/m1/s1. The van der Waals surface area contributed by atoms with Crippen molar-refractivity contribution in [3.05, 3.63) is 12.2 Å². The summed E-state index contributed by atoms with van der Waals surface area (Å²) in [4.78, 5) is 33.8. The Balaban J connectivity index is 1.55. The summed E-state index contributed by atoms with van der Waals surface area (Å²) in [6, 6.07) is 0. The Morgan fingerprint density at radius 3 is 2.12 bits per heavy atom. The number of rotatable bonds is 36. The molecule has 60 heavy (non-hydrogen) atoms. The Kier molecular flexibility index (Phi) is 26.3. The number of quaternary nitrogens is 1. The second-order valence-electron chi connectivity index (χ2n) is 16.8. The van der Waals surface area contributed by atoms with Crippen LogP contribution in [-0.2, 0) is 61.5 Å². The Morgan fingerprint density at radius 2 is 1.50 bits per heavy atom. The number of aliphatic hydroxyl groups excluding tert-OH is 1. The van der Waals surface area contributed by atoms with E-state index in [-0.39, 0.29) is 24.8 Å². The highest BCUT2D eigenvalue weighted by molar-refractivity contribution is 7.80. The summed E-state index contributed by atoms with van der Waals surface area (Å²) in [5.41, 5.74) is 5.56. The zero-order valence-electron chi connectivity index (χ0n) is 36.4. The number of allylic oxidation sites excluding steroid dienone is 1. The smallest absolute Gasteiger partial charge is 0.472 e. The highest BCUT2D eigenvalue weighted by Gasteiger charge is 2.56. The van der Waals surface area contributed by atoms with Gasteiger partial charge in [0.2, 0.25) is 16.2 Å². The number of nitrogens with two attached hydrogens (primary N) is 1. The molecule has 2 rings (SSSR count). The lowest BCUT2D eigenvalue weighted by Crippen LogP contribution is -2.49. The van der Waals surface area contributed by atoms with Crippen molar-refractivity contribution in [2.45, 2.75) is 172 Å². The molecular formula is C40H75N2O16PS.